The maximum atomic E-state index is 11.7. The van der Waals surface area contributed by atoms with E-state index < -0.39 is 12.8 Å². The van der Waals surface area contributed by atoms with Crippen molar-refractivity contribution in [3.63, 3.8) is 0 Å². The number of nitrogens with zero attached hydrogens (tertiary/aromatic N) is 1. The van der Waals surface area contributed by atoms with E-state index in [1.54, 1.807) is 0 Å². The van der Waals surface area contributed by atoms with E-state index in [9.17, 15) is 13.2 Å². The van der Waals surface area contributed by atoms with Gasteiger partial charge in [-0.25, -0.2) is 0 Å². The molecule has 7 heteroatoms. The summed E-state index contributed by atoms with van der Waals surface area (Å²) in [4.78, 5) is 4.04. The predicted molar refractivity (Wildman–Crippen MR) is 60.8 cm³/mol. The van der Waals surface area contributed by atoms with Crippen LogP contribution < -0.4 is 11.1 Å². The highest BCUT2D eigenvalue weighted by molar-refractivity contribution is 5.77. The van der Waals surface area contributed by atoms with Gasteiger partial charge in [-0.2, -0.15) is 13.2 Å². The third kappa shape index (κ3) is 13.0. The summed E-state index contributed by atoms with van der Waals surface area (Å²) in [5.41, 5.74) is 5.52. The first-order chi connectivity index (χ1) is 7.81. The Morgan fingerprint density at radius 3 is 2.59 bits per heavy atom. The minimum Gasteiger partial charge on any atom is -0.372 e. The molecule has 0 unspecified atom stereocenters. The number of guanidine groups is 1. The van der Waals surface area contributed by atoms with Crippen molar-refractivity contribution in [2.75, 3.05) is 26.3 Å². The van der Waals surface area contributed by atoms with E-state index in [2.05, 4.69) is 15.0 Å². The summed E-state index contributed by atoms with van der Waals surface area (Å²) in [6, 6.07) is 0. The zero-order valence-corrected chi connectivity index (χ0v) is 10.2. The summed E-state index contributed by atoms with van der Waals surface area (Å²) >= 11 is 0. The van der Waals surface area contributed by atoms with Gasteiger partial charge in [0, 0.05) is 19.7 Å². The summed E-state index contributed by atoms with van der Waals surface area (Å²) in [5, 5.41) is 2.80. The molecule has 0 bridgehead atoms. The molecule has 0 aliphatic rings. The molecule has 0 heterocycles. The Labute approximate surface area is 99.4 Å². The lowest BCUT2D eigenvalue weighted by atomic mass is 10.2. The summed E-state index contributed by atoms with van der Waals surface area (Å²) in [6.45, 7) is 3.95. The predicted octanol–water partition coefficient (Wildman–Crippen LogP) is 1.52. The van der Waals surface area contributed by atoms with Crippen LogP contribution in [0, 0.1) is 5.92 Å². The lowest BCUT2D eigenvalue weighted by Gasteiger charge is -2.08. The lowest BCUT2D eigenvalue weighted by molar-refractivity contribution is -0.173. The number of halogens is 3. The number of rotatable bonds is 7. The van der Waals surface area contributed by atoms with Gasteiger partial charge in [-0.05, 0) is 12.3 Å². The van der Waals surface area contributed by atoms with E-state index in [-0.39, 0.29) is 6.61 Å². The molecule has 3 N–H and O–H groups in total. The number of alkyl halides is 3. The molecule has 0 aliphatic carbocycles. The number of aliphatic imine (C=N–C) groups is 1. The summed E-state index contributed by atoms with van der Waals surface area (Å²) in [5.74, 6) is 0.736. The van der Waals surface area contributed by atoms with E-state index in [1.165, 1.54) is 0 Å². The van der Waals surface area contributed by atoms with Crippen molar-refractivity contribution in [3.05, 3.63) is 0 Å². The molecule has 0 fully saturated rings. The highest BCUT2D eigenvalue weighted by Gasteiger charge is 2.27. The Bertz CT molecular complexity index is 229. The fraction of sp³-hybridized carbons (Fsp3) is 0.900. The first kappa shape index (κ1) is 16.0. The maximum Gasteiger partial charge on any atom is 0.411 e. The maximum absolute atomic E-state index is 11.7. The molecule has 0 spiro atoms. The number of nitrogens with one attached hydrogen (secondary N) is 1. The van der Waals surface area contributed by atoms with Crippen LogP contribution >= 0.6 is 0 Å². The summed E-state index contributed by atoms with van der Waals surface area (Å²) in [6.07, 6.45) is -3.81. The molecule has 0 aliphatic heterocycles. The van der Waals surface area contributed by atoms with Crippen LogP contribution in [0.2, 0.25) is 0 Å². The molecular formula is C10H20F3N3O. The zero-order valence-electron chi connectivity index (χ0n) is 10.2. The van der Waals surface area contributed by atoms with Crippen LogP contribution in [0.5, 0.6) is 0 Å². The van der Waals surface area contributed by atoms with E-state index in [1.807, 2.05) is 13.8 Å². The molecule has 4 nitrogen and oxygen atoms in total. The normalized spacial score (nSPS) is 13.2. The van der Waals surface area contributed by atoms with Gasteiger partial charge < -0.3 is 15.8 Å². The average Bonchev–Trinajstić information content (AvgIpc) is 2.18. The monoisotopic (exact) mass is 255 g/mol. The van der Waals surface area contributed by atoms with Crippen LogP contribution in [0.15, 0.2) is 4.99 Å². The lowest BCUT2D eigenvalue weighted by Crippen LogP contribution is -2.33. The van der Waals surface area contributed by atoms with Crippen molar-refractivity contribution >= 4 is 5.96 Å². The number of hydrogen-bond acceptors (Lipinski definition) is 2. The van der Waals surface area contributed by atoms with Crippen LogP contribution in [0.3, 0.4) is 0 Å². The van der Waals surface area contributed by atoms with Crippen LogP contribution in [0.25, 0.3) is 0 Å². The van der Waals surface area contributed by atoms with Gasteiger partial charge >= 0.3 is 6.18 Å². The summed E-state index contributed by atoms with van der Waals surface area (Å²) < 4.78 is 39.5. The molecular weight excluding hydrogens is 235 g/mol. The van der Waals surface area contributed by atoms with Gasteiger partial charge in [0.15, 0.2) is 5.96 Å². The quantitative estimate of drug-likeness (QED) is 0.412. The first-order valence-corrected chi connectivity index (χ1v) is 5.49. The third-order valence-corrected chi connectivity index (χ3v) is 1.66. The smallest absolute Gasteiger partial charge is 0.372 e. The van der Waals surface area contributed by atoms with E-state index in [0.29, 0.717) is 31.4 Å². The minimum absolute atomic E-state index is 0.0456. The molecule has 0 aromatic heterocycles. The van der Waals surface area contributed by atoms with E-state index in [4.69, 9.17) is 5.73 Å². The molecule has 0 saturated carbocycles. The zero-order chi connectivity index (χ0) is 13.3. The van der Waals surface area contributed by atoms with Crippen molar-refractivity contribution in [1.29, 1.82) is 0 Å². The van der Waals surface area contributed by atoms with E-state index in [0.717, 1.165) is 0 Å². The van der Waals surface area contributed by atoms with Crippen LogP contribution in [-0.4, -0.2) is 38.4 Å². The first-order valence-electron chi connectivity index (χ1n) is 5.49. The van der Waals surface area contributed by atoms with Gasteiger partial charge in [-0.1, -0.05) is 13.8 Å². The largest absolute Gasteiger partial charge is 0.411 e. The SMILES string of the molecule is CC(C)CN=C(N)NCCCOCC(F)(F)F. The molecule has 0 aromatic carbocycles. The Morgan fingerprint density at radius 1 is 1.41 bits per heavy atom. The fourth-order valence-electron chi connectivity index (χ4n) is 0.915. The van der Waals surface area contributed by atoms with Crippen molar-refractivity contribution in [1.82, 2.24) is 5.32 Å². The van der Waals surface area contributed by atoms with Crippen molar-refractivity contribution in [2.24, 2.45) is 16.6 Å². The topological polar surface area (TPSA) is 59.6 Å². The molecule has 0 radical (unpaired) electrons. The number of ether oxygens (including phenoxy) is 1. The van der Waals surface area contributed by atoms with Gasteiger partial charge in [0.2, 0.25) is 0 Å². The van der Waals surface area contributed by atoms with Gasteiger partial charge in [0.1, 0.15) is 6.61 Å². The van der Waals surface area contributed by atoms with Gasteiger partial charge in [0.25, 0.3) is 0 Å². The Balaban J connectivity index is 3.42. The van der Waals surface area contributed by atoms with Crippen LogP contribution in [0.4, 0.5) is 13.2 Å². The molecule has 0 saturated heterocycles. The molecule has 0 rings (SSSR count). The number of nitrogens with two attached hydrogens (primary N) is 1. The number of hydrogen-bond donors (Lipinski definition) is 2. The van der Waals surface area contributed by atoms with Gasteiger partial charge in [0.05, 0.1) is 0 Å². The molecule has 0 atom stereocenters. The highest BCUT2D eigenvalue weighted by atomic mass is 19.4. The third-order valence-electron chi connectivity index (χ3n) is 1.66. The molecule has 0 amide bonds. The summed E-state index contributed by atoms with van der Waals surface area (Å²) in [7, 11) is 0. The standard InChI is InChI=1S/C10H20F3N3O/c1-8(2)6-16-9(14)15-4-3-5-17-7-10(11,12)13/h8H,3-7H2,1-2H3,(H3,14,15,16). The Kier molecular flexibility index (Phi) is 7.69. The Morgan fingerprint density at radius 2 is 2.06 bits per heavy atom. The Hall–Kier alpha value is -0.980. The average molecular weight is 255 g/mol. The van der Waals surface area contributed by atoms with Crippen molar-refractivity contribution < 1.29 is 17.9 Å². The highest BCUT2D eigenvalue weighted by Crippen LogP contribution is 2.14. The van der Waals surface area contributed by atoms with E-state index >= 15 is 0 Å². The molecule has 17 heavy (non-hydrogen) atoms. The fourth-order valence-corrected chi connectivity index (χ4v) is 0.915. The molecule has 0 aromatic rings. The molecule has 102 valence electrons. The van der Waals surface area contributed by atoms with Crippen LogP contribution in [-0.2, 0) is 4.74 Å². The second-order valence-corrected chi connectivity index (χ2v) is 4.07. The van der Waals surface area contributed by atoms with Crippen molar-refractivity contribution in [2.45, 2.75) is 26.4 Å². The van der Waals surface area contributed by atoms with Gasteiger partial charge in [-0.15, -0.1) is 0 Å². The van der Waals surface area contributed by atoms with Gasteiger partial charge in [-0.3, -0.25) is 4.99 Å². The second-order valence-electron chi connectivity index (χ2n) is 4.07. The van der Waals surface area contributed by atoms with Crippen molar-refractivity contribution in [3.8, 4) is 0 Å². The second kappa shape index (κ2) is 8.16. The minimum atomic E-state index is -4.26. The van der Waals surface area contributed by atoms with Crippen LogP contribution in [0.1, 0.15) is 20.3 Å².